The maximum atomic E-state index is 13.6. The number of hydrogen-bond acceptors (Lipinski definition) is 3. The van der Waals surface area contributed by atoms with Gasteiger partial charge in [0.2, 0.25) is 5.91 Å². The Balaban J connectivity index is 1.68. The van der Waals surface area contributed by atoms with Crippen molar-refractivity contribution in [1.29, 1.82) is 0 Å². The lowest BCUT2D eigenvalue weighted by atomic mass is 9.62. The quantitative estimate of drug-likeness (QED) is 0.449. The van der Waals surface area contributed by atoms with E-state index in [-0.39, 0.29) is 22.8 Å². The summed E-state index contributed by atoms with van der Waals surface area (Å²) < 4.78 is 5.51. The first-order valence-electron chi connectivity index (χ1n) is 12.8. The van der Waals surface area contributed by atoms with Gasteiger partial charge in [-0.25, -0.2) is 0 Å². The molecular weight excluding hydrogens is 462 g/mol. The van der Waals surface area contributed by atoms with Gasteiger partial charge in [-0.3, -0.25) is 9.59 Å². The van der Waals surface area contributed by atoms with Crippen LogP contribution in [-0.2, 0) is 26.2 Å². The maximum Gasteiger partial charge on any atom is 0.309 e. The number of aliphatic carboxylic acids is 1. The summed E-state index contributed by atoms with van der Waals surface area (Å²) in [5, 5.41) is 10.5. The molecule has 0 radical (unpaired) electrons. The van der Waals surface area contributed by atoms with E-state index in [1.165, 1.54) is 0 Å². The largest absolute Gasteiger partial charge is 0.481 e. The average molecular weight is 502 g/mol. The molecule has 35 heavy (non-hydrogen) atoms. The lowest BCUT2D eigenvalue weighted by molar-refractivity contribution is -0.161. The highest BCUT2D eigenvalue weighted by atomic mass is 35.5. The highest BCUT2D eigenvalue weighted by molar-refractivity contribution is 6.31. The maximum absolute atomic E-state index is 13.6. The fourth-order valence-corrected chi connectivity index (χ4v) is 6.98. The summed E-state index contributed by atoms with van der Waals surface area (Å²) in [6, 6.07) is 6.29. The molecule has 1 heterocycles. The number of halogens is 1. The number of ether oxygens (including phenoxy) is 1. The van der Waals surface area contributed by atoms with Gasteiger partial charge in [0, 0.05) is 41.6 Å². The first kappa shape index (κ1) is 26.2. The number of carboxylic acids is 1. The van der Waals surface area contributed by atoms with Crippen LogP contribution in [0, 0.1) is 16.7 Å². The van der Waals surface area contributed by atoms with E-state index in [4.69, 9.17) is 16.3 Å². The molecule has 5 nitrogen and oxygen atoms in total. The van der Waals surface area contributed by atoms with Gasteiger partial charge >= 0.3 is 5.97 Å². The van der Waals surface area contributed by atoms with Crippen LogP contribution >= 0.6 is 11.6 Å². The van der Waals surface area contributed by atoms with Gasteiger partial charge in [-0.15, -0.1) is 0 Å². The van der Waals surface area contributed by atoms with Gasteiger partial charge in [-0.05, 0) is 66.7 Å². The van der Waals surface area contributed by atoms with Crippen molar-refractivity contribution in [2.75, 3.05) is 13.7 Å². The van der Waals surface area contributed by atoms with E-state index < -0.39 is 16.8 Å². The first-order valence-corrected chi connectivity index (χ1v) is 13.2. The van der Waals surface area contributed by atoms with Crippen LogP contribution in [0.5, 0.6) is 0 Å². The molecule has 1 aromatic carbocycles. The van der Waals surface area contributed by atoms with Crippen LogP contribution in [0.4, 0.5) is 0 Å². The zero-order valence-electron chi connectivity index (χ0n) is 22.0. The molecule has 3 fully saturated rings. The van der Waals surface area contributed by atoms with Gasteiger partial charge in [0.05, 0.1) is 12.0 Å². The number of benzene rings is 1. The fraction of sp³-hybridized carbons (Fsp3) is 0.655. The van der Waals surface area contributed by atoms with Gasteiger partial charge in [0.25, 0.3) is 0 Å². The lowest BCUT2D eigenvalue weighted by Crippen LogP contribution is -2.60. The third-order valence-corrected chi connectivity index (χ3v) is 9.18. The Morgan fingerprint density at radius 3 is 2.49 bits per heavy atom. The van der Waals surface area contributed by atoms with Crippen LogP contribution in [0.3, 0.4) is 0 Å². The smallest absolute Gasteiger partial charge is 0.309 e. The van der Waals surface area contributed by atoms with Gasteiger partial charge < -0.3 is 14.7 Å². The zero-order valence-corrected chi connectivity index (χ0v) is 22.8. The minimum absolute atomic E-state index is 0.0645. The first-order chi connectivity index (χ1) is 16.3. The Hall–Kier alpha value is -1.85. The Labute approximate surface area is 214 Å². The van der Waals surface area contributed by atoms with E-state index in [9.17, 15) is 14.7 Å². The van der Waals surface area contributed by atoms with Crippen molar-refractivity contribution in [2.45, 2.75) is 90.5 Å². The number of nitrogens with zero attached hydrogens (tertiary/aromatic N) is 1. The third kappa shape index (κ3) is 4.55. The highest BCUT2D eigenvalue weighted by Gasteiger charge is 2.68. The molecule has 192 valence electrons. The molecule has 0 saturated heterocycles. The molecule has 6 heteroatoms. The molecule has 1 aromatic rings. The molecule has 5 rings (SSSR count). The van der Waals surface area contributed by atoms with Crippen molar-refractivity contribution in [2.24, 2.45) is 16.7 Å². The summed E-state index contributed by atoms with van der Waals surface area (Å²) in [7, 11) is 1.70. The normalized spacial score (nSPS) is 31.2. The SMILES string of the molecule is COC[C@H](C)C1=CN(C23CCC(C(=O)O)(C2)C3)C(=O)C[C@@]1(C)c1ccc(CCC(C)(C)C)c(Cl)c1. The summed E-state index contributed by atoms with van der Waals surface area (Å²) >= 11 is 6.77. The topological polar surface area (TPSA) is 66.8 Å². The summed E-state index contributed by atoms with van der Waals surface area (Å²) in [4.78, 5) is 27.4. The van der Waals surface area contributed by atoms with Gasteiger partial charge in [0.1, 0.15) is 0 Å². The second kappa shape index (κ2) is 8.92. The Kier molecular flexibility index (Phi) is 6.68. The number of amides is 1. The Morgan fingerprint density at radius 1 is 1.26 bits per heavy atom. The number of hydrogen-bond donors (Lipinski definition) is 1. The molecule has 0 spiro atoms. The second-order valence-corrected chi connectivity index (χ2v) is 13.2. The van der Waals surface area contributed by atoms with Crippen LogP contribution in [0.15, 0.2) is 30.0 Å². The molecular formula is C29H40ClNO4. The minimum Gasteiger partial charge on any atom is -0.481 e. The average Bonchev–Trinajstić information content (AvgIpc) is 3.30. The molecule has 2 atom stereocenters. The van der Waals surface area contributed by atoms with Crippen molar-refractivity contribution in [1.82, 2.24) is 4.90 Å². The number of aryl methyl sites for hydroxylation is 1. The van der Waals surface area contributed by atoms with E-state index in [0.29, 0.717) is 32.3 Å². The molecule has 0 unspecified atom stereocenters. The standard InChI is InChI=1S/C29H40ClNO4/c1-19(16-35-6)22-15-31(29-12-11-28(17-29,18-29)25(33)34)24(32)14-27(22,5)21-8-7-20(23(30)13-21)9-10-26(2,3)4/h7-8,13,15,19H,9-12,14,16-18H2,1-6H3,(H,33,34)/t19-,27-,28?,29?/m0/s1. The number of carbonyl (C=O) groups is 2. The molecule has 4 aliphatic rings. The van der Waals surface area contributed by atoms with E-state index in [2.05, 4.69) is 46.8 Å². The molecule has 3 saturated carbocycles. The molecule has 1 amide bonds. The van der Waals surface area contributed by atoms with Gasteiger partial charge in [-0.1, -0.05) is 58.4 Å². The van der Waals surface area contributed by atoms with Gasteiger partial charge in [0.15, 0.2) is 0 Å². The van der Waals surface area contributed by atoms with Crippen LogP contribution in [0.2, 0.25) is 5.02 Å². The number of methoxy groups -OCH3 is 1. The zero-order chi connectivity index (χ0) is 25.8. The lowest BCUT2D eigenvalue weighted by Gasteiger charge is -2.53. The van der Waals surface area contributed by atoms with Crippen molar-refractivity contribution in [3.63, 3.8) is 0 Å². The number of carbonyl (C=O) groups excluding carboxylic acids is 1. The Bertz CT molecular complexity index is 1050. The van der Waals surface area contributed by atoms with Gasteiger partial charge in [-0.2, -0.15) is 0 Å². The number of rotatable bonds is 8. The van der Waals surface area contributed by atoms with Crippen LogP contribution in [0.25, 0.3) is 0 Å². The van der Waals surface area contributed by atoms with Crippen LogP contribution in [-0.4, -0.2) is 41.1 Å². The Morgan fingerprint density at radius 2 is 1.94 bits per heavy atom. The number of fused-ring (bicyclic) bond motifs is 1. The van der Waals surface area contributed by atoms with Crippen LogP contribution < -0.4 is 0 Å². The van der Waals surface area contributed by atoms with Crippen molar-refractivity contribution < 1.29 is 19.4 Å². The summed E-state index contributed by atoms with van der Waals surface area (Å²) in [6.07, 6.45) is 6.84. The second-order valence-electron chi connectivity index (χ2n) is 12.7. The molecule has 1 N–H and O–H groups in total. The minimum atomic E-state index is -0.724. The van der Waals surface area contributed by atoms with Crippen LogP contribution in [0.1, 0.15) is 84.3 Å². The molecule has 1 aliphatic heterocycles. The third-order valence-electron chi connectivity index (χ3n) is 8.83. The van der Waals surface area contributed by atoms with Crippen molar-refractivity contribution in [3.05, 3.63) is 46.1 Å². The summed E-state index contributed by atoms with van der Waals surface area (Å²) in [5.41, 5.74) is 2.05. The fourth-order valence-electron chi connectivity index (χ4n) is 6.71. The summed E-state index contributed by atoms with van der Waals surface area (Å²) in [5.74, 6) is -0.560. The monoisotopic (exact) mass is 501 g/mol. The summed E-state index contributed by atoms with van der Waals surface area (Å²) in [6.45, 7) is 11.5. The van der Waals surface area contributed by atoms with E-state index >= 15 is 0 Å². The molecule has 2 bridgehead atoms. The number of carboxylic acid groups (broad SMARTS) is 1. The predicted molar refractivity (Wildman–Crippen MR) is 138 cm³/mol. The van der Waals surface area contributed by atoms with Crippen molar-refractivity contribution in [3.8, 4) is 0 Å². The van der Waals surface area contributed by atoms with Crippen molar-refractivity contribution >= 4 is 23.5 Å². The highest BCUT2D eigenvalue weighted by Crippen LogP contribution is 2.65. The van der Waals surface area contributed by atoms with E-state index in [0.717, 1.165) is 41.0 Å². The predicted octanol–water partition coefficient (Wildman–Crippen LogP) is 6.37. The van der Waals surface area contributed by atoms with E-state index in [1.807, 2.05) is 17.2 Å². The van der Waals surface area contributed by atoms with E-state index in [1.54, 1.807) is 7.11 Å². The molecule has 3 aliphatic carbocycles. The molecule has 0 aromatic heterocycles.